The molecule has 0 radical (unpaired) electrons. The molecule has 0 aromatic carbocycles. The summed E-state index contributed by atoms with van der Waals surface area (Å²) < 4.78 is 10.9. The number of rotatable bonds is 3. The number of ether oxygens (including phenoxy) is 1. The molecule has 1 atom stereocenters. The standard InChI is InChI=1S/C16H26N4O3/c1-3-15(21)20-8-4-7-19(13-5-9-22-10-6-13)11-14(20)16-17-12(2)18-23-16/h13-14H,3-11H2,1-2H3. The van der Waals surface area contributed by atoms with Crippen LogP contribution in [0.15, 0.2) is 4.52 Å². The first-order valence-corrected chi connectivity index (χ1v) is 8.60. The monoisotopic (exact) mass is 322 g/mol. The Kier molecular flexibility index (Phi) is 5.27. The van der Waals surface area contributed by atoms with E-state index in [-0.39, 0.29) is 11.9 Å². The Morgan fingerprint density at radius 3 is 2.74 bits per heavy atom. The van der Waals surface area contributed by atoms with Crippen molar-refractivity contribution in [1.82, 2.24) is 19.9 Å². The van der Waals surface area contributed by atoms with Gasteiger partial charge in [-0.05, 0) is 26.2 Å². The minimum absolute atomic E-state index is 0.144. The van der Waals surface area contributed by atoms with Gasteiger partial charge in [0.25, 0.3) is 5.89 Å². The minimum atomic E-state index is -0.144. The Balaban J connectivity index is 1.82. The molecule has 7 nitrogen and oxygen atoms in total. The molecule has 2 aliphatic heterocycles. The van der Waals surface area contributed by atoms with Gasteiger partial charge in [0.2, 0.25) is 5.91 Å². The van der Waals surface area contributed by atoms with Crippen LogP contribution in [0.1, 0.15) is 50.4 Å². The lowest BCUT2D eigenvalue weighted by molar-refractivity contribution is -0.133. The molecule has 1 unspecified atom stereocenters. The largest absolute Gasteiger partial charge is 0.381 e. The lowest BCUT2D eigenvalue weighted by atomic mass is 10.1. The van der Waals surface area contributed by atoms with E-state index in [9.17, 15) is 4.79 Å². The molecular weight excluding hydrogens is 296 g/mol. The third-order valence-corrected chi connectivity index (χ3v) is 4.79. The fourth-order valence-electron chi connectivity index (χ4n) is 3.56. The predicted molar refractivity (Wildman–Crippen MR) is 83.8 cm³/mol. The maximum atomic E-state index is 12.4. The average Bonchev–Trinajstić information content (AvgIpc) is 2.89. The van der Waals surface area contributed by atoms with Crippen LogP contribution in [0.5, 0.6) is 0 Å². The van der Waals surface area contributed by atoms with E-state index in [0.29, 0.717) is 24.2 Å². The highest BCUT2D eigenvalue weighted by Gasteiger charge is 2.35. The van der Waals surface area contributed by atoms with Gasteiger partial charge in [-0.25, -0.2) is 0 Å². The second-order valence-corrected chi connectivity index (χ2v) is 6.33. The fourth-order valence-corrected chi connectivity index (χ4v) is 3.56. The molecule has 1 amide bonds. The van der Waals surface area contributed by atoms with E-state index in [0.717, 1.165) is 52.1 Å². The summed E-state index contributed by atoms with van der Waals surface area (Å²) in [6.07, 6.45) is 3.59. The third kappa shape index (κ3) is 3.72. The van der Waals surface area contributed by atoms with Gasteiger partial charge in [-0.15, -0.1) is 0 Å². The summed E-state index contributed by atoms with van der Waals surface area (Å²) in [5.74, 6) is 1.33. The van der Waals surface area contributed by atoms with Crippen LogP contribution in [0.2, 0.25) is 0 Å². The number of carbonyl (C=O) groups is 1. The molecule has 1 aromatic heterocycles. The molecule has 3 rings (SSSR count). The number of hydrogen-bond donors (Lipinski definition) is 0. The lowest BCUT2D eigenvalue weighted by Crippen LogP contribution is -2.43. The van der Waals surface area contributed by atoms with Crippen LogP contribution in [0, 0.1) is 6.92 Å². The molecule has 0 N–H and O–H groups in total. The topological polar surface area (TPSA) is 71.7 Å². The van der Waals surface area contributed by atoms with E-state index in [1.54, 1.807) is 0 Å². The van der Waals surface area contributed by atoms with Crippen molar-refractivity contribution in [2.24, 2.45) is 0 Å². The Labute approximate surface area is 137 Å². The zero-order valence-corrected chi connectivity index (χ0v) is 14.0. The summed E-state index contributed by atoms with van der Waals surface area (Å²) in [5.41, 5.74) is 0. The van der Waals surface area contributed by atoms with Gasteiger partial charge >= 0.3 is 0 Å². The Hall–Kier alpha value is -1.47. The van der Waals surface area contributed by atoms with Crippen molar-refractivity contribution >= 4 is 5.91 Å². The summed E-state index contributed by atoms with van der Waals surface area (Å²) >= 11 is 0. The molecule has 0 aliphatic carbocycles. The summed E-state index contributed by atoms with van der Waals surface area (Å²) in [5, 5.41) is 3.92. The van der Waals surface area contributed by atoms with Crippen molar-refractivity contribution < 1.29 is 14.1 Å². The van der Waals surface area contributed by atoms with E-state index in [1.807, 2.05) is 18.7 Å². The molecule has 128 valence electrons. The number of amides is 1. The highest BCUT2D eigenvalue weighted by molar-refractivity contribution is 5.76. The van der Waals surface area contributed by atoms with E-state index in [1.165, 1.54) is 0 Å². The Morgan fingerprint density at radius 2 is 2.09 bits per heavy atom. The second kappa shape index (κ2) is 7.40. The molecular formula is C16H26N4O3. The van der Waals surface area contributed by atoms with Crippen LogP contribution < -0.4 is 0 Å². The molecule has 2 aliphatic rings. The first-order chi connectivity index (χ1) is 11.2. The van der Waals surface area contributed by atoms with Gasteiger partial charge in [0, 0.05) is 45.3 Å². The van der Waals surface area contributed by atoms with Gasteiger partial charge in [-0.2, -0.15) is 4.98 Å². The van der Waals surface area contributed by atoms with E-state index in [4.69, 9.17) is 9.26 Å². The molecule has 0 bridgehead atoms. The van der Waals surface area contributed by atoms with Gasteiger partial charge in [-0.1, -0.05) is 12.1 Å². The Bertz CT molecular complexity index is 527. The summed E-state index contributed by atoms with van der Waals surface area (Å²) in [6.45, 7) is 7.87. The summed E-state index contributed by atoms with van der Waals surface area (Å²) in [4.78, 5) is 21.2. The molecule has 2 saturated heterocycles. The van der Waals surface area contributed by atoms with Crippen LogP contribution >= 0.6 is 0 Å². The van der Waals surface area contributed by atoms with Crippen molar-refractivity contribution in [2.75, 3.05) is 32.8 Å². The Morgan fingerprint density at radius 1 is 1.30 bits per heavy atom. The van der Waals surface area contributed by atoms with E-state index < -0.39 is 0 Å². The van der Waals surface area contributed by atoms with Gasteiger partial charge in [0.15, 0.2) is 5.82 Å². The normalized spacial score (nSPS) is 24.6. The quantitative estimate of drug-likeness (QED) is 0.840. The minimum Gasteiger partial charge on any atom is -0.381 e. The summed E-state index contributed by atoms with van der Waals surface area (Å²) in [7, 11) is 0. The number of carbonyl (C=O) groups excluding carboxylic acids is 1. The average molecular weight is 322 g/mol. The molecule has 7 heteroatoms. The van der Waals surface area contributed by atoms with Crippen molar-refractivity contribution in [3.8, 4) is 0 Å². The number of hydrogen-bond acceptors (Lipinski definition) is 6. The van der Waals surface area contributed by atoms with Gasteiger partial charge < -0.3 is 14.2 Å². The van der Waals surface area contributed by atoms with Crippen molar-refractivity contribution in [1.29, 1.82) is 0 Å². The van der Waals surface area contributed by atoms with E-state index >= 15 is 0 Å². The maximum Gasteiger partial charge on any atom is 0.250 e. The summed E-state index contributed by atoms with van der Waals surface area (Å²) in [6, 6.07) is 0.376. The maximum absolute atomic E-state index is 12.4. The van der Waals surface area contributed by atoms with Gasteiger partial charge in [-0.3, -0.25) is 9.69 Å². The highest BCUT2D eigenvalue weighted by Crippen LogP contribution is 2.27. The smallest absolute Gasteiger partial charge is 0.250 e. The number of nitrogens with zero attached hydrogens (tertiary/aromatic N) is 4. The third-order valence-electron chi connectivity index (χ3n) is 4.79. The van der Waals surface area contributed by atoms with Crippen molar-refractivity contribution in [3.05, 3.63) is 11.7 Å². The molecule has 0 saturated carbocycles. The number of aromatic nitrogens is 2. The van der Waals surface area contributed by atoms with Crippen LogP contribution in [0.25, 0.3) is 0 Å². The van der Waals surface area contributed by atoms with Crippen LogP contribution in [-0.4, -0.2) is 64.7 Å². The van der Waals surface area contributed by atoms with Gasteiger partial charge in [0.1, 0.15) is 6.04 Å². The number of aryl methyl sites for hydroxylation is 1. The highest BCUT2D eigenvalue weighted by atomic mass is 16.5. The van der Waals surface area contributed by atoms with Crippen LogP contribution in [-0.2, 0) is 9.53 Å². The zero-order valence-electron chi connectivity index (χ0n) is 14.0. The molecule has 23 heavy (non-hydrogen) atoms. The van der Waals surface area contributed by atoms with Crippen molar-refractivity contribution in [3.63, 3.8) is 0 Å². The SMILES string of the molecule is CCC(=O)N1CCCN(C2CCOCC2)CC1c1nc(C)no1. The van der Waals surface area contributed by atoms with Crippen LogP contribution in [0.4, 0.5) is 0 Å². The molecule has 2 fully saturated rings. The first kappa shape index (κ1) is 16.4. The second-order valence-electron chi connectivity index (χ2n) is 6.33. The molecule has 0 spiro atoms. The zero-order chi connectivity index (χ0) is 16.2. The molecule has 1 aromatic rings. The van der Waals surface area contributed by atoms with Gasteiger partial charge in [0.05, 0.1) is 0 Å². The first-order valence-electron chi connectivity index (χ1n) is 8.60. The van der Waals surface area contributed by atoms with Crippen molar-refractivity contribution in [2.45, 2.75) is 51.6 Å². The molecule has 3 heterocycles. The van der Waals surface area contributed by atoms with E-state index in [2.05, 4.69) is 15.0 Å². The lowest BCUT2D eigenvalue weighted by Gasteiger charge is -2.35. The fraction of sp³-hybridized carbons (Fsp3) is 0.812. The van der Waals surface area contributed by atoms with Crippen LogP contribution in [0.3, 0.4) is 0 Å². The predicted octanol–water partition coefficient (Wildman–Crippen LogP) is 1.54.